The molecule has 0 aliphatic carbocycles. The van der Waals surface area contributed by atoms with Gasteiger partial charge in [0, 0.05) is 48.2 Å². The number of para-hydroxylation sites is 1. The monoisotopic (exact) mass is 320 g/mol. The van der Waals surface area contributed by atoms with Gasteiger partial charge >= 0.3 is 6.03 Å². The predicted molar refractivity (Wildman–Crippen MR) is 88.7 cm³/mol. The lowest BCUT2D eigenvalue weighted by Gasteiger charge is -2.23. The summed E-state index contributed by atoms with van der Waals surface area (Å²) in [5.74, 6) is 0.924. The van der Waals surface area contributed by atoms with Gasteiger partial charge in [-0.25, -0.2) is 9.48 Å². The molecule has 22 heavy (non-hydrogen) atoms. The van der Waals surface area contributed by atoms with E-state index in [0.717, 1.165) is 5.69 Å². The van der Waals surface area contributed by atoms with Gasteiger partial charge in [-0.05, 0) is 19.1 Å². The van der Waals surface area contributed by atoms with Crippen molar-refractivity contribution in [2.75, 3.05) is 24.4 Å². The molecule has 2 aromatic rings. The Hall–Kier alpha value is -2.15. The van der Waals surface area contributed by atoms with E-state index in [4.69, 9.17) is 0 Å². The first-order valence-electron chi connectivity index (χ1n) is 6.92. The number of amides is 2. The number of carbonyl (C=O) groups is 1. The molecule has 2 amide bonds. The zero-order valence-corrected chi connectivity index (χ0v) is 13.7. The molecule has 0 fully saturated rings. The SMILES string of the molecule is C[C@@H](C[S@](C)=O)N(C)C(=O)Nc1ccn(-c2ccccc2)n1. The topological polar surface area (TPSA) is 67.2 Å². The summed E-state index contributed by atoms with van der Waals surface area (Å²) < 4.78 is 12.9. The van der Waals surface area contributed by atoms with Gasteiger partial charge < -0.3 is 4.90 Å². The average Bonchev–Trinajstić information content (AvgIpc) is 2.95. The maximum Gasteiger partial charge on any atom is 0.323 e. The van der Waals surface area contributed by atoms with E-state index in [1.807, 2.05) is 37.3 Å². The van der Waals surface area contributed by atoms with Crippen LogP contribution in [0.5, 0.6) is 0 Å². The molecule has 1 aromatic heterocycles. The number of anilines is 1. The van der Waals surface area contributed by atoms with Crippen LogP contribution in [0, 0.1) is 0 Å². The first-order chi connectivity index (χ1) is 10.5. The summed E-state index contributed by atoms with van der Waals surface area (Å²) in [4.78, 5) is 13.7. The van der Waals surface area contributed by atoms with E-state index in [0.29, 0.717) is 11.6 Å². The quantitative estimate of drug-likeness (QED) is 0.917. The Kier molecular flexibility index (Phi) is 5.32. The van der Waals surface area contributed by atoms with Crippen LogP contribution in [0.4, 0.5) is 10.6 Å². The Labute approximate surface area is 132 Å². The molecule has 0 saturated heterocycles. The van der Waals surface area contributed by atoms with Crippen LogP contribution in [0.25, 0.3) is 5.69 Å². The Balaban J connectivity index is 2.01. The van der Waals surface area contributed by atoms with Gasteiger partial charge in [-0.3, -0.25) is 9.53 Å². The highest BCUT2D eigenvalue weighted by Gasteiger charge is 2.17. The molecule has 118 valence electrons. The predicted octanol–water partition coefficient (Wildman–Crippen LogP) is 2.10. The number of nitrogens with one attached hydrogen (secondary N) is 1. The van der Waals surface area contributed by atoms with Crippen molar-refractivity contribution in [1.82, 2.24) is 14.7 Å². The lowest BCUT2D eigenvalue weighted by Crippen LogP contribution is -2.41. The Morgan fingerprint density at radius 1 is 1.36 bits per heavy atom. The lowest BCUT2D eigenvalue weighted by atomic mass is 10.3. The number of nitrogens with zero attached hydrogens (tertiary/aromatic N) is 3. The van der Waals surface area contributed by atoms with Crippen molar-refractivity contribution in [3.05, 3.63) is 42.6 Å². The fourth-order valence-electron chi connectivity index (χ4n) is 1.96. The second-order valence-corrected chi connectivity index (χ2v) is 6.59. The fraction of sp³-hybridized carbons (Fsp3) is 0.333. The third kappa shape index (κ3) is 4.17. The molecule has 6 nitrogen and oxygen atoms in total. The van der Waals surface area contributed by atoms with Crippen molar-refractivity contribution < 1.29 is 9.00 Å². The van der Waals surface area contributed by atoms with Crippen molar-refractivity contribution in [2.24, 2.45) is 0 Å². The highest BCUT2D eigenvalue weighted by molar-refractivity contribution is 7.84. The third-order valence-corrected chi connectivity index (χ3v) is 4.25. The number of benzene rings is 1. The van der Waals surface area contributed by atoms with Gasteiger partial charge in [0.15, 0.2) is 5.82 Å². The fourth-order valence-corrected chi connectivity index (χ4v) is 2.87. The van der Waals surface area contributed by atoms with E-state index in [1.165, 1.54) is 4.90 Å². The summed E-state index contributed by atoms with van der Waals surface area (Å²) in [6, 6.07) is 11.0. The molecule has 0 saturated carbocycles. The molecule has 0 unspecified atom stereocenters. The zero-order valence-electron chi connectivity index (χ0n) is 12.9. The Bertz CT molecular complexity index is 657. The van der Waals surface area contributed by atoms with E-state index in [-0.39, 0.29) is 12.1 Å². The summed E-state index contributed by atoms with van der Waals surface area (Å²) in [7, 11) is 0.740. The van der Waals surface area contributed by atoms with Crippen LogP contribution in [0.2, 0.25) is 0 Å². The number of hydrogen-bond acceptors (Lipinski definition) is 3. The van der Waals surface area contributed by atoms with E-state index in [9.17, 15) is 9.00 Å². The number of rotatable bonds is 5. The Morgan fingerprint density at radius 2 is 2.05 bits per heavy atom. The molecule has 0 aliphatic rings. The molecule has 0 aliphatic heterocycles. The molecule has 0 bridgehead atoms. The molecule has 0 radical (unpaired) electrons. The minimum atomic E-state index is -0.941. The van der Waals surface area contributed by atoms with Gasteiger partial charge in [-0.1, -0.05) is 18.2 Å². The van der Waals surface area contributed by atoms with Gasteiger partial charge in [0.2, 0.25) is 0 Å². The first-order valence-corrected chi connectivity index (χ1v) is 8.65. The van der Waals surface area contributed by atoms with Crippen molar-refractivity contribution in [2.45, 2.75) is 13.0 Å². The van der Waals surface area contributed by atoms with Gasteiger partial charge in [0.05, 0.1) is 5.69 Å². The van der Waals surface area contributed by atoms with Crippen molar-refractivity contribution in [1.29, 1.82) is 0 Å². The molecule has 1 N–H and O–H groups in total. The largest absolute Gasteiger partial charge is 0.324 e. The lowest BCUT2D eigenvalue weighted by molar-refractivity contribution is 0.212. The molecule has 0 spiro atoms. The molecule has 2 rings (SSSR count). The summed E-state index contributed by atoms with van der Waals surface area (Å²) in [6.07, 6.45) is 3.42. The summed E-state index contributed by atoms with van der Waals surface area (Å²) >= 11 is 0. The van der Waals surface area contributed by atoms with E-state index < -0.39 is 10.8 Å². The number of hydrogen-bond donors (Lipinski definition) is 1. The van der Waals surface area contributed by atoms with Crippen molar-refractivity contribution in [3.63, 3.8) is 0 Å². The number of urea groups is 1. The standard InChI is InChI=1S/C15H20N4O2S/c1-12(11-22(3)21)18(2)15(20)16-14-9-10-19(17-14)13-7-5-4-6-8-13/h4-10,12H,11H2,1-3H3,(H,16,17,20)/t12-,22-/m0/s1. The molecule has 1 aromatic carbocycles. The van der Waals surface area contributed by atoms with E-state index in [2.05, 4.69) is 10.4 Å². The highest BCUT2D eigenvalue weighted by atomic mass is 32.2. The third-order valence-electron chi connectivity index (χ3n) is 3.30. The molecule has 2 atom stereocenters. The van der Waals surface area contributed by atoms with E-state index >= 15 is 0 Å². The van der Waals surface area contributed by atoms with Crippen LogP contribution in [-0.4, -0.2) is 50.0 Å². The number of carbonyl (C=O) groups excluding carboxylic acids is 1. The number of aromatic nitrogens is 2. The average molecular weight is 320 g/mol. The van der Waals surface area contributed by atoms with Gasteiger partial charge in [0.1, 0.15) is 0 Å². The molecule has 1 heterocycles. The maximum absolute atomic E-state index is 12.1. The van der Waals surface area contributed by atoms with Crippen molar-refractivity contribution in [3.8, 4) is 5.69 Å². The summed E-state index contributed by atoms with van der Waals surface area (Å²) in [6.45, 7) is 1.86. The second-order valence-electron chi connectivity index (χ2n) is 5.11. The summed E-state index contributed by atoms with van der Waals surface area (Å²) in [5, 5.41) is 7.06. The van der Waals surface area contributed by atoms with Crippen LogP contribution in [0.3, 0.4) is 0 Å². The highest BCUT2D eigenvalue weighted by Crippen LogP contribution is 2.11. The van der Waals surface area contributed by atoms with Crippen LogP contribution in [0.1, 0.15) is 6.92 Å². The minimum absolute atomic E-state index is 0.109. The zero-order chi connectivity index (χ0) is 16.1. The minimum Gasteiger partial charge on any atom is -0.324 e. The van der Waals surface area contributed by atoms with Crippen molar-refractivity contribution >= 4 is 22.6 Å². The van der Waals surface area contributed by atoms with E-state index in [1.54, 1.807) is 30.2 Å². The normalized spacial score (nSPS) is 13.4. The molecule has 7 heteroatoms. The van der Waals surface area contributed by atoms with Crippen LogP contribution in [0.15, 0.2) is 42.6 Å². The van der Waals surface area contributed by atoms with Crippen LogP contribution >= 0.6 is 0 Å². The van der Waals surface area contributed by atoms with Gasteiger partial charge in [0.25, 0.3) is 0 Å². The first kappa shape index (κ1) is 16.2. The van der Waals surface area contributed by atoms with Crippen LogP contribution in [-0.2, 0) is 10.8 Å². The molecular formula is C15H20N4O2S. The summed E-state index contributed by atoms with van der Waals surface area (Å²) in [5.41, 5.74) is 0.922. The smallest absolute Gasteiger partial charge is 0.323 e. The maximum atomic E-state index is 12.1. The van der Waals surface area contributed by atoms with Crippen LogP contribution < -0.4 is 5.32 Å². The Morgan fingerprint density at radius 3 is 2.68 bits per heavy atom. The van der Waals surface area contributed by atoms with Gasteiger partial charge in [-0.15, -0.1) is 5.10 Å². The molecular weight excluding hydrogens is 300 g/mol. The second kappa shape index (κ2) is 7.22. The van der Waals surface area contributed by atoms with Gasteiger partial charge in [-0.2, -0.15) is 0 Å².